The van der Waals surface area contributed by atoms with Gasteiger partial charge in [-0.25, -0.2) is 0 Å². The van der Waals surface area contributed by atoms with E-state index in [9.17, 15) is 10.1 Å². The molecule has 1 amide bonds. The number of nitrogens with zero attached hydrogens (tertiary/aromatic N) is 1. The van der Waals surface area contributed by atoms with Crippen molar-refractivity contribution in [3.05, 3.63) is 66.7 Å². The molecule has 0 heterocycles. The number of halogens is 3. The number of benzene rings is 2. The number of carbonyl (C=O) groups is 1. The Bertz CT molecular complexity index is 921. The maximum absolute atomic E-state index is 12.0. The molecule has 0 saturated heterocycles. The quantitative estimate of drug-likeness (QED) is 0.309. The normalized spacial score (nSPS) is 11.2. The van der Waals surface area contributed by atoms with Crippen molar-refractivity contribution in [3.8, 4) is 11.8 Å². The highest BCUT2D eigenvalue weighted by molar-refractivity contribution is 14.1. The van der Waals surface area contributed by atoms with E-state index in [-0.39, 0.29) is 17.5 Å². The Morgan fingerprint density at radius 3 is 2.59 bits per heavy atom. The standard InChI is InChI=1S/C20H17Cl2IN2O2/c1-12(2)25-20(26)15(10-24)7-13-4-6-19(18(23)9-13)27-11-14-3-5-16(21)17(22)8-14/h3-9,12H,11H2,1-2H3,(H,25,26)/b15-7-. The molecule has 7 heteroatoms. The van der Waals surface area contributed by atoms with Gasteiger partial charge >= 0.3 is 0 Å². The van der Waals surface area contributed by atoms with Gasteiger partial charge in [0.15, 0.2) is 0 Å². The minimum atomic E-state index is -0.387. The summed E-state index contributed by atoms with van der Waals surface area (Å²) >= 11 is 14.1. The van der Waals surface area contributed by atoms with Crippen molar-refractivity contribution in [2.24, 2.45) is 0 Å². The lowest BCUT2D eigenvalue weighted by Crippen LogP contribution is -2.30. The summed E-state index contributed by atoms with van der Waals surface area (Å²) in [5.41, 5.74) is 1.71. The summed E-state index contributed by atoms with van der Waals surface area (Å²) in [4.78, 5) is 12.0. The van der Waals surface area contributed by atoms with Crippen LogP contribution in [0.1, 0.15) is 25.0 Å². The third kappa shape index (κ3) is 6.42. The van der Waals surface area contributed by atoms with E-state index < -0.39 is 0 Å². The van der Waals surface area contributed by atoms with Crippen molar-refractivity contribution in [1.82, 2.24) is 5.32 Å². The summed E-state index contributed by atoms with van der Waals surface area (Å²) < 4.78 is 6.69. The Morgan fingerprint density at radius 2 is 2.00 bits per heavy atom. The molecule has 0 bridgehead atoms. The van der Waals surface area contributed by atoms with Crippen LogP contribution in [-0.2, 0) is 11.4 Å². The average Bonchev–Trinajstić information content (AvgIpc) is 2.61. The molecule has 140 valence electrons. The van der Waals surface area contributed by atoms with E-state index in [0.717, 1.165) is 14.7 Å². The molecular formula is C20H17Cl2IN2O2. The molecule has 0 spiro atoms. The molecule has 2 aromatic carbocycles. The SMILES string of the molecule is CC(C)NC(=O)/C(C#N)=C\c1ccc(OCc2ccc(Cl)c(Cl)c2)c(I)c1. The van der Waals surface area contributed by atoms with E-state index in [0.29, 0.717) is 22.4 Å². The predicted molar refractivity (Wildman–Crippen MR) is 117 cm³/mol. The fourth-order valence-corrected chi connectivity index (χ4v) is 3.19. The van der Waals surface area contributed by atoms with Gasteiger partial charge in [0.25, 0.3) is 5.91 Å². The number of nitriles is 1. The number of ether oxygens (including phenoxy) is 1. The van der Waals surface area contributed by atoms with Crippen LogP contribution in [0.15, 0.2) is 42.0 Å². The Kier molecular flexibility index (Phi) is 7.96. The first-order chi connectivity index (χ1) is 12.8. The van der Waals surface area contributed by atoms with Gasteiger partial charge < -0.3 is 10.1 Å². The van der Waals surface area contributed by atoms with Crippen molar-refractivity contribution >= 4 is 57.8 Å². The lowest BCUT2D eigenvalue weighted by atomic mass is 10.1. The molecule has 0 saturated carbocycles. The number of rotatable bonds is 6. The second-order valence-electron chi connectivity index (χ2n) is 6.02. The molecule has 0 radical (unpaired) electrons. The summed E-state index contributed by atoms with van der Waals surface area (Å²) in [6.45, 7) is 4.04. The Hall–Kier alpha value is -1.75. The van der Waals surface area contributed by atoms with Crippen LogP contribution < -0.4 is 10.1 Å². The maximum atomic E-state index is 12.0. The Morgan fingerprint density at radius 1 is 1.26 bits per heavy atom. The van der Waals surface area contributed by atoms with E-state index in [2.05, 4.69) is 27.9 Å². The Labute approximate surface area is 182 Å². The molecule has 0 fully saturated rings. The molecule has 0 aromatic heterocycles. The van der Waals surface area contributed by atoms with Crippen molar-refractivity contribution in [3.63, 3.8) is 0 Å². The molecular weight excluding hydrogens is 498 g/mol. The molecule has 0 aliphatic carbocycles. The van der Waals surface area contributed by atoms with Crippen molar-refractivity contribution in [2.45, 2.75) is 26.5 Å². The number of hydrogen-bond acceptors (Lipinski definition) is 3. The summed E-state index contributed by atoms with van der Waals surface area (Å²) in [5.74, 6) is 0.311. The maximum Gasteiger partial charge on any atom is 0.262 e. The molecule has 4 nitrogen and oxygen atoms in total. The van der Waals surface area contributed by atoms with Crippen molar-refractivity contribution < 1.29 is 9.53 Å². The van der Waals surface area contributed by atoms with Gasteiger partial charge in [-0.1, -0.05) is 35.3 Å². The fraction of sp³-hybridized carbons (Fsp3) is 0.200. The summed E-state index contributed by atoms with van der Waals surface area (Å²) in [5, 5.41) is 12.9. The van der Waals surface area contributed by atoms with Gasteiger partial charge in [0.1, 0.15) is 24.0 Å². The van der Waals surface area contributed by atoms with Gasteiger partial charge in [0.05, 0.1) is 13.6 Å². The number of nitrogens with one attached hydrogen (secondary N) is 1. The second kappa shape index (κ2) is 9.98. The van der Waals surface area contributed by atoms with Crippen molar-refractivity contribution in [2.75, 3.05) is 0 Å². The van der Waals surface area contributed by atoms with Gasteiger partial charge in [0.2, 0.25) is 0 Å². The van der Waals surface area contributed by atoms with Crippen LogP contribution in [0.5, 0.6) is 5.75 Å². The van der Waals surface area contributed by atoms with E-state index in [4.69, 9.17) is 27.9 Å². The number of hydrogen-bond donors (Lipinski definition) is 1. The van der Waals surface area contributed by atoms with E-state index >= 15 is 0 Å². The molecule has 0 aliphatic rings. The van der Waals surface area contributed by atoms with Gasteiger partial charge in [-0.05, 0) is 77.9 Å². The first-order valence-electron chi connectivity index (χ1n) is 8.09. The van der Waals surface area contributed by atoms with Crippen LogP contribution in [-0.4, -0.2) is 11.9 Å². The zero-order valence-corrected chi connectivity index (χ0v) is 18.4. The molecule has 2 aromatic rings. The Balaban J connectivity index is 2.12. The van der Waals surface area contributed by atoms with Gasteiger partial charge in [-0.15, -0.1) is 0 Å². The minimum Gasteiger partial charge on any atom is -0.488 e. The van der Waals surface area contributed by atoms with Crippen LogP contribution in [0.25, 0.3) is 6.08 Å². The molecule has 0 unspecified atom stereocenters. The largest absolute Gasteiger partial charge is 0.488 e. The van der Waals surface area contributed by atoms with E-state index in [1.165, 1.54) is 0 Å². The van der Waals surface area contributed by atoms with Crippen molar-refractivity contribution in [1.29, 1.82) is 5.26 Å². The highest BCUT2D eigenvalue weighted by atomic mass is 127. The highest BCUT2D eigenvalue weighted by Crippen LogP contribution is 2.26. The predicted octanol–water partition coefficient (Wildman–Crippen LogP) is 5.61. The first kappa shape index (κ1) is 21.5. The monoisotopic (exact) mass is 514 g/mol. The summed E-state index contributed by atoms with van der Waals surface area (Å²) in [6, 6.07) is 12.7. The van der Waals surface area contributed by atoms with E-state index in [1.807, 2.05) is 32.0 Å². The topological polar surface area (TPSA) is 62.1 Å². The first-order valence-corrected chi connectivity index (χ1v) is 9.92. The third-order valence-corrected chi connectivity index (χ3v) is 5.01. The van der Waals surface area contributed by atoms with Gasteiger partial charge in [-0.3, -0.25) is 4.79 Å². The van der Waals surface area contributed by atoms with Crippen LogP contribution in [0.4, 0.5) is 0 Å². The number of amides is 1. The second-order valence-corrected chi connectivity index (χ2v) is 8.00. The van der Waals surface area contributed by atoms with Gasteiger partial charge in [-0.2, -0.15) is 5.26 Å². The summed E-state index contributed by atoms with van der Waals surface area (Å²) in [6.07, 6.45) is 1.56. The van der Waals surface area contributed by atoms with Crippen LogP contribution in [0, 0.1) is 14.9 Å². The van der Waals surface area contributed by atoms with Crippen LogP contribution >= 0.6 is 45.8 Å². The lowest BCUT2D eigenvalue weighted by Gasteiger charge is -2.10. The molecule has 0 atom stereocenters. The zero-order chi connectivity index (χ0) is 20.0. The van der Waals surface area contributed by atoms with Gasteiger partial charge in [0, 0.05) is 6.04 Å². The third-order valence-electron chi connectivity index (χ3n) is 3.43. The minimum absolute atomic E-state index is 0.0356. The fourth-order valence-electron chi connectivity index (χ4n) is 2.17. The van der Waals surface area contributed by atoms with Crippen LogP contribution in [0.3, 0.4) is 0 Å². The highest BCUT2D eigenvalue weighted by Gasteiger charge is 2.11. The van der Waals surface area contributed by atoms with E-state index in [1.54, 1.807) is 30.3 Å². The molecule has 1 N–H and O–H groups in total. The molecule has 27 heavy (non-hydrogen) atoms. The lowest BCUT2D eigenvalue weighted by molar-refractivity contribution is -0.117. The zero-order valence-electron chi connectivity index (χ0n) is 14.7. The van der Waals surface area contributed by atoms with Crippen LogP contribution in [0.2, 0.25) is 10.0 Å². The summed E-state index contributed by atoms with van der Waals surface area (Å²) in [7, 11) is 0. The number of carbonyl (C=O) groups excluding carboxylic acids is 1. The molecule has 0 aliphatic heterocycles. The average molecular weight is 515 g/mol. The molecule has 2 rings (SSSR count). The smallest absolute Gasteiger partial charge is 0.262 e.